The second-order valence-electron chi connectivity index (χ2n) is 6.44. The third kappa shape index (κ3) is 5.19. The average molecular weight is 439 g/mol. The number of fused-ring (bicyclic) bond motifs is 1. The number of sulfonamides is 1. The maximum absolute atomic E-state index is 12.6. The number of furan rings is 1. The van der Waals surface area contributed by atoms with Crippen LogP contribution in [0.5, 0.6) is 5.75 Å². The van der Waals surface area contributed by atoms with Gasteiger partial charge in [-0.05, 0) is 44.5 Å². The lowest BCUT2D eigenvalue weighted by Gasteiger charge is -2.16. The summed E-state index contributed by atoms with van der Waals surface area (Å²) in [5, 5.41) is 9.11. The predicted octanol–water partition coefficient (Wildman–Crippen LogP) is 2.47. The van der Waals surface area contributed by atoms with Crippen molar-refractivity contribution in [3.8, 4) is 5.75 Å². The molecule has 0 radical (unpaired) electrons. The van der Waals surface area contributed by atoms with Gasteiger partial charge in [0.2, 0.25) is 15.9 Å². The lowest BCUT2D eigenvalue weighted by Crippen LogP contribution is -2.28. The second kappa shape index (κ2) is 9.77. The zero-order chi connectivity index (χ0) is 22.5. The molecule has 0 fully saturated rings. The molecule has 9 nitrogen and oxygen atoms in total. The highest BCUT2D eigenvalue weighted by molar-refractivity contribution is 7.89. The molecule has 1 heterocycles. The number of hydrogen-bond acceptors (Lipinski definition) is 6. The van der Waals surface area contributed by atoms with Gasteiger partial charge in [0.15, 0.2) is 17.9 Å². The molecule has 0 atom stereocenters. The van der Waals surface area contributed by atoms with Crippen LogP contribution in [0.25, 0.3) is 16.5 Å². The van der Waals surface area contributed by atoms with Crippen LogP contribution < -0.4 is 9.46 Å². The van der Waals surface area contributed by atoms with Gasteiger partial charge in [-0.2, -0.15) is 0 Å². The van der Waals surface area contributed by atoms with E-state index in [9.17, 15) is 18.0 Å². The second-order valence-corrected chi connectivity index (χ2v) is 8.17. The Bertz CT molecular complexity index is 1070. The topological polar surface area (TPSA) is 126 Å². The first-order chi connectivity index (χ1) is 14.1. The van der Waals surface area contributed by atoms with Crippen LogP contribution in [0.4, 0.5) is 0 Å². The van der Waals surface area contributed by atoms with E-state index in [2.05, 4.69) is 4.72 Å². The van der Waals surface area contributed by atoms with E-state index in [1.54, 1.807) is 18.7 Å². The Morgan fingerprint density at radius 2 is 1.90 bits per heavy atom. The number of rotatable bonds is 10. The summed E-state index contributed by atoms with van der Waals surface area (Å²) in [6.45, 7) is 7.77. The molecular weight excluding hydrogens is 412 g/mol. The van der Waals surface area contributed by atoms with E-state index in [0.29, 0.717) is 18.7 Å². The van der Waals surface area contributed by atoms with Crippen molar-refractivity contribution < 1.29 is 32.3 Å². The third-order valence-electron chi connectivity index (χ3n) is 4.39. The van der Waals surface area contributed by atoms with E-state index in [4.69, 9.17) is 14.3 Å². The number of aliphatic carboxylic acids is 1. The molecule has 0 saturated carbocycles. The van der Waals surface area contributed by atoms with E-state index in [1.165, 1.54) is 24.3 Å². The van der Waals surface area contributed by atoms with Gasteiger partial charge in [-0.25, -0.2) is 17.9 Å². The number of nitrogens with zero attached hydrogens (tertiary/aromatic N) is 1. The number of nitrogens with one attached hydrogen (secondary N) is 1. The maximum atomic E-state index is 12.6. The van der Waals surface area contributed by atoms with Gasteiger partial charge in [-0.3, -0.25) is 4.79 Å². The Hall–Kier alpha value is -2.85. The molecule has 30 heavy (non-hydrogen) atoms. The van der Waals surface area contributed by atoms with Gasteiger partial charge < -0.3 is 19.2 Å². The normalized spacial score (nSPS) is 12.2. The van der Waals surface area contributed by atoms with Gasteiger partial charge in [0, 0.05) is 31.1 Å². The summed E-state index contributed by atoms with van der Waals surface area (Å²) >= 11 is 0. The van der Waals surface area contributed by atoms with Gasteiger partial charge in [0.1, 0.15) is 5.76 Å². The van der Waals surface area contributed by atoms with Gasteiger partial charge in [-0.15, -0.1) is 0 Å². The Morgan fingerprint density at radius 1 is 1.23 bits per heavy atom. The van der Waals surface area contributed by atoms with Crippen LogP contribution in [-0.4, -0.2) is 56.5 Å². The largest absolute Gasteiger partial charge is 0.479 e. The maximum Gasteiger partial charge on any atom is 0.341 e. The molecule has 0 aliphatic heterocycles. The first-order valence-corrected chi connectivity index (χ1v) is 11.0. The average Bonchev–Trinajstić information content (AvgIpc) is 3.12. The number of carboxylic acids is 1. The molecule has 164 valence electrons. The molecule has 1 aromatic heterocycles. The van der Waals surface area contributed by atoms with Crippen LogP contribution in [-0.2, 0) is 19.6 Å². The van der Waals surface area contributed by atoms with Crippen molar-refractivity contribution in [2.75, 3.05) is 26.2 Å². The van der Waals surface area contributed by atoms with Crippen molar-refractivity contribution >= 4 is 38.4 Å². The molecule has 10 heteroatoms. The van der Waals surface area contributed by atoms with Crippen LogP contribution in [0.15, 0.2) is 33.6 Å². The zero-order valence-corrected chi connectivity index (χ0v) is 18.2. The Balaban J connectivity index is 2.61. The molecule has 1 aromatic carbocycles. The highest BCUT2D eigenvalue weighted by Crippen LogP contribution is 2.36. The van der Waals surface area contributed by atoms with Crippen LogP contribution in [0, 0.1) is 0 Å². The first-order valence-electron chi connectivity index (χ1n) is 9.52. The summed E-state index contributed by atoms with van der Waals surface area (Å²) < 4.78 is 38.6. The van der Waals surface area contributed by atoms with Gasteiger partial charge in [0.25, 0.3) is 0 Å². The molecule has 2 N–H and O–H groups in total. The lowest BCUT2D eigenvalue weighted by atomic mass is 10.2. The van der Waals surface area contributed by atoms with Crippen LogP contribution in [0.2, 0.25) is 0 Å². The van der Waals surface area contributed by atoms with Crippen molar-refractivity contribution in [3.05, 3.63) is 30.0 Å². The number of carbonyl (C=O) groups is 2. The summed E-state index contributed by atoms with van der Waals surface area (Å²) in [7, 11) is -3.82. The lowest BCUT2D eigenvalue weighted by molar-refractivity contribution is -0.139. The van der Waals surface area contributed by atoms with Crippen molar-refractivity contribution in [3.63, 3.8) is 0 Å². The predicted molar refractivity (Wildman–Crippen MR) is 112 cm³/mol. The van der Waals surface area contributed by atoms with Gasteiger partial charge in [0.05, 0.1) is 4.90 Å². The minimum absolute atomic E-state index is 0.0279. The Kier molecular flexibility index (Phi) is 7.63. The minimum atomic E-state index is -3.82. The number of allylic oxidation sites excluding steroid dienone is 1. The highest BCUT2D eigenvalue weighted by Gasteiger charge is 2.23. The fourth-order valence-corrected chi connectivity index (χ4v) is 4.13. The molecular formula is C20H26N2O7S. The molecule has 0 aliphatic rings. The first kappa shape index (κ1) is 23.4. The molecule has 2 rings (SSSR count). The summed E-state index contributed by atoms with van der Waals surface area (Å²) in [6, 6.07) is 4.19. The van der Waals surface area contributed by atoms with Gasteiger partial charge in [-0.1, -0.05) is 6.92 Å². The van der Waals surface area contributed by atoms with Crippen molar-refractivity contribution in [2.45, 2.75) is 32.6 Å². The molecule has 2 aromatic rings. The van der Waals surface area contributed by atoms with Crippen LogP contribution >= 0.6 is 0 Å². The van der Waals surface area contributed by atoms with Gasteiger partial charge >= 0.3 is 5.97 Å². The number of hydrogen-bond donors (Lipinski definition) is 2. The monoisotopic (exact) mass is 438 g/mol. The number of amides is 1. The van der Waals surface area contributed by atoms with E-state index < -0.39 is 22.6 Å². The summed E-state index contributed by atoms with van der Waals surface area (Å²) in [5.41, 5.74) is 0.590. The van der Waals surface area contributed by atoms with E-state index >= 15 is 0 Å². The minimum Gasteiger partial charge on any atom is -0.479 e. The fourth-order valence-electron chi connectivity index (χ4n) is 2.91. The Labute approximate surface area is 175 Å². The molecule has 0 unspecified atom stereocenters. The van der Waals surface area contributed by atoms with E-state index in [-0.39, 0.29) is 39.8 Å². The standard InChI is InChI=1S/C20H26N2O7S/c1-5-21-30(26,27)17-9-8-15(28-12-19(24)25)20-14(17)11-16(29-20)13(4)10-18(23)22(6-2)7-3/h8-11,21H,5-7,12H2,1-4H3,(H,24,25)/b13-10+. The zero-order valence-electron chi connectivity index (χ0n) is 17.4. The smallest absolute Gasteiger partial charge is 0.341 e. The molecule has 0 bridgehead atoms. The van der Waals surface area contributed by atoms with E-state index in [0.717, 1.165) is 0 Å². The number of ether oxygens (including phenoxy) is 1. The highest BCUT2D eigenvalue weighted by atomic mass is 32.2. The SMILES string of the molecule is CCNS(=O)(=O)c1ccc(OCC(=O)O)c2oc(/C(C)=C/C(=O)N(CC)CC)cc12. The van der Waals surface area contributed by atoms with Crippen molar-refractivity contribution in [1.29, 1.82) is 0 Å². The summed E-state index contributed by atoms with van der Waals surface area (Å²) in [4.78, 5) is 24.8. The quantitative estimate of drug-likeness (QED) is 0.546. The number of carboxylic acid groups (broad SMARTS) is 1. The van der Waals surface area contributed by atoms with Crippen LogP contribution in [0.3, 0.4) is 0 Å². The molecule has 1 amide bonds. The molecule has 0 spiro atoms. The fraction of sp³-hybridized carbons (Fsp3) is 0.400. The summed E-state index contributed by atoms with van der Waals surface area (Å²) in [6.07, 6.45) is 1.42. The van der Waals surface area contributed by atoms with E-state index in [1.807, 2.05) is 13.8 Å². The number of benzene rings is 1. The number of carbonyl (C=O) groups excluding carboxylic acids is 1. The van der Waals surface area contributed by atoms with Crippen molar-refractivity contribution in [2.24, 2.45) is 0 Å². The van der Waals surface area contributed by atoms with Crippen LogP contribution in [0.1, 0.15) is 33.5 Å². The Morgan fingerprint density at radius 3 is 2.47 bits per heavy atom. The molecule has 0 aliphatic carbocycles. The summed E-state index contributed by atoms with van der Waals surface area (Å²) in [5.74, 6) is -0.997. The third-order valence-corrected chi connectivity index (χ3v) is 5.99. The molecule has 0 saturated heterocycles. The van der Waals surface area contributed by atoms with Crippen molar-refractivity contribution in [1.82, 2.24) is 9.62 Å². The number of likely N-dealkylation sites (N-methyl/N-ethyl adjacent to an activating group) is 1.